The van der Waals surface area contributed by atoms with Crippen molar-refractivity contribution in [3.63, 3.8) is 0 Å². The van der Waals surface area contributed by atoms with E-state index in [2.05, 4.69) is 24.8 Å². The summed E-state index contributed by atoms with van der Waals surface area (Å²) in [6.45, 7) is 1.86. The third kappa shape index (κ3) is 1.32. The van der Waals surface area contributed by atoms with Gasteiger partial charge < -0.3 is 9.88 Å². The minimum Gasteiger partial charge on any atom is -0.342 e. The zero-order valence-corrected chi connectivity index (χ0v) is 8.54. The van der Waals surface area contributed by atoms with Crippen LogP contribution in [0.4, 0.5) is 5.95 Å². The van der Waals surface area contributed by atoms with Gasteiger partial charge in [0.1, 0.15) is 0 Å². The molecule has 2 aromatic rings. The molecule has 1 aliphatic heterocycles. The fraction of sp³-hybridized carbons (Fsp3) is 0.444. The van der Waals surface area contributed by atoms with Crippen LogP contribution in [0.2, 0.25) is 0 Å². The predicted octanol–water partition coefficient (Wildman–Crippen LogP) is -0.460. The van der Waals surface area contributed by atoms with Crippen LogP contribution in [0.3, 0.4) is 0 Å². The Labute approximate surface area is 89.5 Å². The molecule has 0 bridgehead atoms. The molecule has 2 aromatic heterocycles. The van der Waals surface area contributed by atoms with Gasteiger partial charge in [0.15, 0.2) is 11.2 Å². The molecule has 3 N–H and O–H groups in total. The molecule has 3 rings (SSSR count). The van der Waals surface area contributed by atoms with Gasteiger partial charge in [0.05, 0.1) is 0 Å². The Morgan fingerprint density at radius 2 is 1.81 bits per heavy atom. The summed E-state index contributed by atoms with van der Waals surface area (Å²) in [4.78, 5) is 36.4. The van der Waals surface area contributed by atoms with Gasteiger partial charge in [-0.05, 0) is 12.8 Å². The van der Waals surface area contributed by atoms with Crippen molar-refractivity contribution in [3.8, 4) is 0 Å². The number of hydrogen-bond donors (Lipinski definition) is 3. The fourth-order valence-corrected chi connectivity index (χ4v) is 2.00. The van der Waals surface area contributed by atoms with Gasteiger partial charge in [-0.3, -0.25) is 14.8 Å². The Bertz CT molecular complexity index is 631. The SMILES string of the molecule is O=c1[nH]c(=O)c2[nH]c(N3CCCC3)nc2[nH]1. The smallest absolute Gasteiger partial charge is 0.327 e. The van der Waals surface area contributed by atoms with Crippen LogP contribution in [0.1, 0.15) is 12.8 Å². The second kappa shape index (κ2) is 3.22. The van der Waals surface area contributed by atoms with Gasteiger partial charge in [0.25, 0.3) is 5.56 Å². The summed E-state index contributed by atoms with van der Waals surface area (Å²) >= 11 is 0. The molecular formula is C9H11N5O2. The number of imidazole rings is 1. The van der Waals surface area contributed by atoms with Crippen LogP contribution in [-0.2, 0) is 0 Å². The molecule has 0 saturated carbocycles. The highest BCUT2D eigenvalue weighted by Crippen LogP contribution is 2.17. The van der Waals surface area contributed by atoms with E-state index in [0.717, 1.165) is 25.9 Å². The normalized spacial score (nSPS) is 16.1. The topological polar surface area (TPSA) is 97.6 Å². The first-order valence-electron chi connectivity index (χ1n) is 5.21. The molecular weight excluding hydrogens is 210 g/mol. The van der Waals surface area contributed by atoms with Crippen LogP contribution in [0.15, 0.2) is 9.59 Å². The molecule has 1 saturated heterocycles. The van der Waals surface area contributed by atoms with E-state index >= 15 is 0 Å². The van der Waals surface area contributed by atoms with E-state index in [1.165, 1.54) is 0 Å². The standard InChI is InChI=1S/C9H11N5O2/c15-7-5-6(12-9(16)13-7)11-8(10-5)14-3-1-2-4-14/h1-4H2,(H3,10,11,12,13,15,16). The first-order valence-corrected chi connectivity index (χ1v) is 5.21. The van der Waals surface area contributed by atoms with E-state index in [9.17, 15) is 9.59 Å². The fourth-order valence-electron chi connectivity index (χ4n) is 2.00. The maximum atomic E-state index is 11.5. The molecule has 0 aromatic carbocycles. The van der Waals surface area contributed by atoms with Gasteiger partial charge in [-0.2, -0.15) is 4.98 Å². The summed E-state index contributed by atoms with van der Waals surface area (Å²) < 4.78 is 0. The Hall–Kier alpha value is -2.05. The lowest BCUT2D eigenvalue weighted by molar-refractivity contribution is 0.921. The molecule has 0 radical (unpaired) electrons. The summed E-state index contributed by atoms with van der Waals surface area (Å²) in [5, 5.41) is 0. The number of aromatic amines is 3. The molecule has 0 spiro atoms. The largest absolute Gasteiger partial charge is 0.342 e. The molecule has 16 heavy (non-hydrogen) atoms. The van der Waals surface area contributed by atoms with Gasteiger partial charge in [-0.25, -0.2) is 4.79 Å². The summed E-state index contributed by atoms with van der Waals surface area (Å²) in [7, 11) is 0. The van der Waals surface area contributed by atoms with Crippen molar-refractivity contribution in [2.24, 2.45) is 0 Å². The minimum absolute atomic E-state index is 0.315. The van der Waals surface area contributed by atoms with E-state index in [1.807, 2.05) is 0 Å². The average molecular weight is 221 g/mol. The highest BCUT2D eigenvalue weighted by molar-refractivity contribution is 5.72. The molecule has 0 amide bonds. The number of aromatic nitrogens is 4. The predicted molar refractivity (Wildman–Crippen MR) is 58.8 cm³/mol. The number of anilines is 1. The lowest BCUT2D eigenvalue weighted by Crippen LogP contribution is -2.21. The highest BCUT2D eigenvalue weighted by Gasteiger charge is 2.17. The van der Waals surface area contributed by atoms with Crippen LogP contribution in [0.5, 0.6) is 0 Å². The summed E-state index contributed by atoms with van der Waals surface area (Å²) in [6, 6.07) is 0. The van der Waals surface area contributed by atoms with Crippen LogP contribution in [0, 0.1) is 0 Å². The second-order valence-electron chi connectivity index (χ2n) is 3.89. The van der Waals surface area contributed by atoms with Gasteiger partial charge in [-0.15, -0.1) is 0 Å². The summed E-state index contributed by atoms with van der Waals surface area (Å²) in [6.07, 6.45) is 2.26. The maximum absolute atomic E-state index is 11.5. The number of nitrogens with zero attached hydrogens (tertiary/aromatic N) is 2. The van der Waals surface area contributed by atoms with E-state index < -0.39 is 11.2 Å². The number of nitrogens with one attached hydrogen (secondary N) is 3. The van der Waals surface area contributed by atoms with E-state index in [0.29, 0.717) is 17.1 Å². The van der Waals surface area contributed by atoms with Crippen molar-refractivity contribution in [3.05, 3.63) is 20.8 Å². The third-order valence-electron chi connectivity index (χ3n) is 2.78. The monoisotopic (exact) mass is 221 g/mol. The van der Waals surface area contributed by atoms with E-state index in [4.69, 9.17) is 0 Å². The van der Waals surface area contributed by atoms with Crippen molar-refractivity contribution in [1.29, 1.82) is 0 Å². The molecule has 1 aliphatic rings. The van der Waals surface area contributed by atoms with E-state index in [1.54, 1.807) is 0 Å². The lowest BCUT2D eigenvalue weighted by Gasteiger charge is -2.11. The Morgan fingerprint density at radius 1 is 1.06 bits per heavy atom. The van der Waals surface area contributed by atoms with Crippen LogP contribution < -0.4 is 16.1 Å². The van der Waals surface area contributed by atoms with Crippen molar-refractivity contribution < 1.29 is 0 Å². The molecule has 84 valence electrons. The zero-order valence-electron chi connectivity index (χ0n) is 8.54. The number of H-pyrrole nitrogens is 3. The van der Waals surface area contributed by atoms with Gasteiger partial charge in [0.2, 0.25) is 5.95 Å². The lowest BCUT2D eigenvalue weighted by atomic mass is 10.4. The van der Waals surface area contributed by atoms with Gasteiger partial charge in [-0.1, -0.05) is 0 Å². The molecule has 7 nitrogen and oxygen atoms in total. The molecule has 0 unspecified atom stereocenters. The van der Waals surface area contributed by atoms with Crippen molar-refractivity contribution in [1.82, 2.24) is 19.9 Å². The Balaban J connectivity index is 2.18. The third-order valence-corrected chi connectivity index (χ3v) is 2.78. The first-order chi connectivity index (χ1) is 7.74. The van der Waals surface area contributed by atoms with E-state index in [-0.39, 0.29) is 0 Å². The van der Waals surface area contributed by atoms with Crippen LogP contribution >= 0.6 is 0 Å². The first kappa shape index (κ1) is 9.20. The Morgan fingerprint density at radius 3 is 2.56 bits per heavy atom. The molecule has 0 atom stereocenters. The van der Waals surface area contributed by atoms with Crippen molar-refractivity contribution in [2.45, 2.75) is 12.8 Å². The highest BCUT2D eigenvalue weighted by atomic mass is 16.2. The van der Waals surface area contributed by atoms with Gasteiger partial charge >= 0.3 is 5.69 Å². The number of hydrogen-bond acceptors (Lipinski definition) is 4. The van der Waals surface area contributed by atoms with Gasteiger partial charge in [0, 0.05) is 13.1 Å². The Kier molecular flexibility index (Phi) is 1.85. The number of fused-ring (bicyclic) bond motifs is 1. The van der Waals surface area contributed by atoms with Crippen molar-refractivity contribution in [2.75, 3.05) is 18.0 Å². The minimum atomic E-state index is -0.531. The molecule has 3 heterocycles. The van der Waals surface area contributed by atoms with Crippen molar-refractivity contribution >= 4 is 17.1 Å². The summed E-state index contributed by atoms with van der Waals surface area (Å²) in [5.41, 5.74) is -0.328. The summed E-state index contributed by atoms with van der Waals surface area (Å²) in [5.74, 6) is 0.653. The zero-order chi connectivity index (χ0) is 11.1. The van der Waals surface area contributed by atoms with Crippen LogP contribution in [-0.4, -0.2) is 33.0 Å². The quantitative estimate of drug-likeness (QED) is 0.607. The molecule has 7 heteroatoms. The maximum Gasteiger partial charge on any atom is 0.327 e. The molecule has 1 fully saturated rings. The number of rotatable bonds is 1. The molecule has 0 aliphatic carbocycles. The van der Waals surface area contributed by atoms with Crippen LogP contribution in [0.25, 0.3) is 11.2 Å². The average Bonchev–Trinajstić information content (AvgIpc) is 2.82. The second-order valence-corrected chi connectivity index (χ2v) is 3.89.